The van der Waals surface area contributed by atoms with Crippen molar-refractivity contribution in [3.05, 3.63) is 18.5 Å². The van der Waals surface area contributed by atoms with E-state index in [9.17, 15) is 4.79 Å². The first kappa shape index (κ1) is 14.8. The van der Waals surface area contributed by atoms with E-state index in [-0.39, 0.29) is 17.6 Å². The molecule has 100 valence electrons. The van der Waals surface area contributed by atoms with E-state index in [4.69, 9.17) is 4.74 Å². The van der Waals surface area contributed by atoms with Crippen molar-refractivity contribution in [2.45, 2.75) is 38.4 Å². The van der Waals surface area contributed by atoms with Crippen molar-refractivity contribution < 1.29 is 9.53 Å². The Morgan fingerprint density at radius 2 is 2.28 bits per heavy atom. The van der Waals surface area contributed by atoms with Crippen LogP contribution in [0.25, 0.3) is 0 Å². The lowest BCUT2D eigenvalue weighted by Crippen LogP contribution is -2.09. The van der Waals surface area contributed by atoms with Crippen molar-refractivity contribution in [1.82, 2.24) is 14.8 Å². The molecule has 0 spiro atoms. The van der Waals surface area contributed by atoms with Crippen molar-refractivity contribution >= 4 is 17.7 Å². The van der Waals surface area contributed by atoms with Crippen LogP contribution in [0.2, 0.25) is 0 Å². The minimum absolute atomic E-state index is 0.234. The highest BCUT2D eigenvalue weighted by Gasteiger charge is 2.15. The number of thioether (sulfide) groups is 1. The third-order valence-electron chi connectivity index (χ3n) is 2.20. The number of ether oxygens (including phenoxy) is 1. The largest absolute Gasteiger partial charge is 0.465 e. The van der Waals surface area contributed by atoms with Gasteiger partial charge < -0.3 is 9.30 Å². The lowest BCUT2D eigenvalue weighted by Gasteiger charge is -2.09. The number of esters is 1. The van der Waals surface area contributed by atoms with Gasteiger partial charge in [0.1, 0.15) is 5.82 Å². The molecule has 0 atom stereocenters. The van der Waals surface area contributed by atoms with Crippen LogP contribution < -0.4 is 0 Å². The van der Waals surface area contributed by atoms with Gasteiger partial charge in [-0.15, -0.1) is 16.8 Å². The van der Waals surface area contributed by atoms with Crippen LogP contribution in [0.15, 0.2) is 17.8 Å². The van der Waals surface area contributed by atoms with Gasteiger partial charge in [-0.1, -0.05) is 31.7 Å². The molecule has 0 bridgehead atoms. The van der Waals surface area contributed by atoms with Crippen LogP contribution in [0.3, 0.4) is 0 Å². The number of aromatic nitrogens is 3. The molecule has 0 aliphatic heterocycles. The third kappa shape index (κ3) is 3.87. The van der Waals surface area contributed by atoms with Crippen molar-refractivity contribution in [3.8, 4) is 0 Å². The highest BCUT2D eigenvalue weighted by molar-refractivity contribution is 7.99. The summed E-state index contributed by atoms with van der Waals surface area (Å²) in [5.41, 5.74) is 0. The molecule has 0 aliphatic carbocycles. The van der Waals surface area contributed by atoms with E-state index in [0.29, 0.717) is 13.2 Å². The Labute approximate surface area is 112 Å². The first-order valence-corrected chi connectivity index (χ1v) is 6.91. The van der Waals surface area contributed by atoms with E-state index in [2.05, 4.69) is 30.6 Å². The Bertz CT molecular complexity index is 415. The number of carbonyl (C=O) groups excluding carboxylic acids is 1. The van der Waals surface area contributed by atoms with E-state index in [1.165, 1.54) is 11.8 Å². The summed E-state index contributed by atoms with van der Waals surface area (Å²) in [4.78, 5) is 11.3. The van der Waals surface area contributed by atoms with Gasteiger partial charge in [-0.25, -0.2) is 0 Å². The topological polar surface area (TPSA) is 57.0 Å². The molecular weight excluding hydrogens is 250 g/mol. The van der Waals surface area contributed by atoms with Crippen LogP contribution in [-0.2, 0) is 16.1 Å². The van der Waals surface area contributed by atoms with Crippen molar-refractivity contribution in [2.75, 3.05) is 12.4 Å². The van der Waals surface area contributed by atoms with Crippen molar-refractivity contribution in [2.24, 2.45) is 0 Å². The van der Waals surface area contributed by atoms with Gasteiger partial charge >= 0.3 is 5.97 Å². The van der Waals surface area contributed by atoms with Gasteiger partial charge in [-0.2, -0.15) is 0 Å². The molecule has 6 heteroatoms. The van der Waals surface area contributed by atoms with E-state index >= 15 is 0 Å². The summed E-state index contributed by atoms with van der Waals surface area (Å²) in [6, 6.07) is 0. The fourth-order valence-electron chi connectivity index (χ4n) is 1.46. The Balaban J connectivity index is 2.75. The molecule has 0 saturated heterocycles. The highest BCUT2D eigenvalue weighted by Crippen LogP contribution is 2.21. The second-order valence-electron chi connectivity index (χ2n) is 3.99. The van der Waals surface area contributed by atoms with Crippen LogP contribution in [0.1, 0.15) is 32.5 Å². The summed E-state index contributed by atoms with van der Waals surface area (Å²) in [6.45, 7) is 10.7. The van der Waals surface area contributed by atoms with Gasteiger partial charge in [0.25, 0.3) is 0 Å². The molecule has 18 heavy (non-hydrogen) atoms. The maximum absolute atomic E-state index is 11.3. The molecule has 5 nitrogen and oxygen atoms in total. The van der Waals surface area contributed by atoms with Gasteiger partial charge in [0, 0.05) is 12.5 Å². The number of allylic oxidation sites excluding steroid dienone is 1. The molecule has 0 amide bonds. The van der Waals surface area contributed by atoms with Crippen LogP contribution in [0.5, 0.6) is 0 Å². The molecule has 1 aromatic heterocycles. The molecule has 0 radical (unpaired) electrons. The van der Waals surface area contributed by atoms with Crippen LogP contribution in [0.4, 0.5) is 0 Å². The molecule has 0 fully saturated rings. The summed E-state index contributed by atoms with van der Waals surface area (Å²) < 4.78 is 6.85. The molecule has 0 aliphatic rings. The smallest absolute Gasteiger partial charge is 0.316 e. The lowest BCUT2D eigenvalue weighted by molar-refractivity contribution is -0.139. The molecule has 1 rings (SSSR count). The summed E-state index contributed by atoms with van der Waals surface area (Å²) in [5.74, 6) is 1.21. The second-order valence-corrected chi connectivity index (χ2v) is 4.93. The molecule has 0 aromatic carbocycles. The van der Waals surface area contributed by atoms with Gasteiger partial charge in [-0.3, -0.25) is 4.79 Å². The molecular formula is C12H19N3O2S. The third-order valence-corrected chi connectivity index (χ3v) is 3.14. The van der Waals surface area contributed by atoms with Gasteiger partial charge in [0.15, 0.2) is 5.16 Å². The minimum atomic E-state index is -0.234. The fourth-order valence-corrected chi connectivity index (χ4v) is 2.21. The summed E-state index contributed by atoms with van der Waals surface area (Å²) in [5, 5.41) is 8.99. The molecule has 0 saturated carbocycles. The standard InChI is InChI=1S/C12H19N3O2S/c1-5-7-15-11(9(3)4)13-14-12(15)18-8-10(16)17-6-2/h5,9H,1,6-8H2,2-4H3. The monoisotopic (exact) mass is 269 g/mol. The summed E-state index contributed by atoms with van der Waals surface area (Å²) in [6.07, 6.45) is 1.80. The fraction of sp³-hybridized carbons (Fsp3) is 0.583. The maximum atomic E-state index is 11.3. The van der Waals surface area contributed by atoms with E-state index in [1.54, 1.807) is 13.0 Å². The zero-order valence-electron chi connectivity index (χ0n) is 11.0. The molecule has 1 aromatic rings. The number of hydrogen-bond acceptors (Lipinski definition) is 5. The summed E-state index contributed by atoms with van der Waals surface area (Å²) >= 11 is 1.34. The molecule has 1 heterocycles. The van der Waals surface area contributed by atoms with Crippen molar-refractivity contribution in [1.29, 1.82) is 0 Å². The summed E-state index contributed by atoms with van der Waals surface area (Å²) in [7, 11) is 0. The quantitative estimate of drug-likeness (QED) is 0.431. The van der Waals surface area contributed by atoms with Crippen LogP contribution in [-0.4, -0.2) is 33.1 Å². The Kier molecular flexibility index (Phi) is 5.91. The Morgan fingerprint density at radius 3 is 2.83 bits per heavy atom. The first-order chi connectivity index (χ1) is 8.60. The molecule has 0 N–H and O–H groups in total. The Hall–Kier alpha value is -1.30. The maximum Gasteiger partial charge on any atom is 0.316 e. The molecule has 0 unspecified atom stereocenters. The average Bonchev–Trinajstić information content (AvgIpc) is 2.71. The number of nitrogens with zero attached hydrogens (tertiary/aromatic N) is 3. The first-order valence-electron chi connectivity index (χ1n) is 5.92. The highest BCUT2D eigenvalue weighted by atomic mass is 32.2. The number of carbonyl (C=O) groups is 1. The zero-order chi connectivity index (χ0) is 13.5. The second kappa shape index (κ2) is 7.20. The van der Waals surface area contributed by atoms with Gasteiger partial charge in [0.2, 0.25) is 0 Å². The number of hydrogen-bond donors (Lipinski definition) is 0. The predicted molar refractivity (Wildman–Crippen MR) is 71.7 cm³/mol. The average molecular weight is 269 g/mol. The minimum Gasteiger partial charge on any atom is -0.465 e. The van der Waals surface area contributed by atoms with E-state index < -0.39 is 0 Å². The van der Waals surface area contributed by atoms with Crippen LogP contribution >= 0.6 is 11.8 Å². The SMILES string of the molecule is C=CCn1c(SCC(=O)OCC)nnc1C(C)C. The predicted octanol–water partition coefficient (Wildman–Crippen LogP) is 2.24. The van der Waals surface area contributed by atoms with E-state index in [1.807, 2.05) is 4.57 Å². The number of rotatable bonds is 7. The van der Waals surface area contributed by atoms with Crippen LogP contribution in [0, 0.1) is 0 Å². The van der Waals surface area contributed by atoms with Crippen molar-refractivity contribution in [3.63, 3.8) is 0 Å². The zero-order valence-corrected chi connectivity index (χ0v) is 11.9. The normalized spacial score (nSPS) is 10.7. The van der Waals surface area contributed by atoms with Gasteiger partial charge in [-0.05, 0) is 6.92 Å². The van der Waals surface area contributed by atoms with E-state index in [0.717, 1.165) is 11.0 Å². The van der Waals surface area contributed by atoms with Gasteiger partial charge in [0.05, 0.1) is 12.4 Å². The lowest BCUT2D eigenvalue weighted by atomic mass is 10.2. The Morgan fingerprint density at radius 1 is 1.56 bits per heavy atom.